The molecule has 1 aromatic heterocycles. The standard InChI is InChI=1S/C11H9BrFN3/c1-7-4-8(2-3-10(7)13)16-11-9(12)5-14-6-15-11/h2-6H,1H3,(H,14,15,16). The van der Waals surface area contributed by atoms with Gasteiger partial charge >= 0.3 is 0 Å². The molecule has 3 nitrogen and oxygen atoms in total. The van der Waals surface area contributed by atoms with E-state index in [1.165, 1.54) is 12.4 Å². The van der Waals surface area contributed by atoms with Crippen LogP contribution in [0.4, 0.5) is 15.9 Å². The Morgan fingerprint density at radius 2 is 2.19 bits per heavy atom. The maximum absolute atomic E-state index is 13.1. The van der Waals surface area contributed by atoms with E-state index in [0.29, 0.717) is 11.4 Å². The SMILES string of the molecule is Cc1cc(Nc2ncncc2Br)ccc1F. The normalized spacial score (nSPS) is 10.2. The zero-order chi connectivity index (χ0) is 11.5. The molecule has 0 saturated carbocycles. The van der Waals surface area contributed by atoms with Gasteiger partial charge in [0.15, 0.2) is 0 Å². The molecule has 0 atom stereocenters. The predicted octanol–water partition coefficient (Wildman–Crippen LogP) is 3.43. The highest BCUT2D eigenvalue weighted by molar-refractivity contribution is 9.10. The fraction of sp³-hybridized carbons (Fsp3) is 0.0909. The molecule has 2 rings (SSSR count). The summed E-state index contributed by atoms with van der Waals surface area (Å²) in [4.78, 5) is 7.92. The van der Waals surface area contributed by atoms with Crippen LogP contribution in [-0.2, 0) is 0 Å². The number of benzene rings is 1. The largest absolute Gasteiger partial charge is 0.339 e. The summed E-state index contributed by atoms with van der Waals surface area (Å²) in [5, 5.41) is 3.08. The van der Waals surface area contributed by atoms with Crippen LogP contribution in [0.25, 0.3) is 0 Å². The van der Waals surface area contributed by atoms with E-state index in [9.17, 15) is 4.39 Å². The summed E-state index contributed by atoms with van der Waals surface area (Å²) in [6.45, 7) is 1.72. The Hall–Kier alpha value is -1.49. The van der Waals surface area contributed by atoms with Crippen LogP contribution in [0, 0.1) is 12.7 Å². The summed E-state index contributed by atoms with van der Waals surface area (Å²) >= 11 is 3.33. The van der Waals surface area contributed by atoms with Crippen molar-refractivity contribution in [1.29, 1.82) is 0 Å². The minimum Gasteiger partial charge on any atom is -0.339 e. The van der Waals surface area contributed by atoms with Gasteiger partial charge in [-0.1, -0.05) is 0 Å². The minimum atomic E-state index is -0.215. The average molecular weight is 282 g/mol. The molecule has 1 heterocycles. The van der Waals surface area contributed by atoms with Crippen molar-refractivity contribution < 1.29 is 4.39 Å². The van der Waals surface area contributed by atoms with Crippen LogP contribution < -0.4 is 5.32 Å². The highest BCUT2D eigenvalue weighted by Crippen LogP contribution is 2.23. The third-order valence-corrected chi connectivity index (χ3v) is 2.67. The minimum absolute atomic E-state index is 0.215. The van der Waals surface area contributed by atoms with E-state index in [2.05, 4.69) is 31.2 Å². The maximum atomic E-state index is 13.1. The first-order valence-corrected chi connectivity index (χ1v) is 5.45. The number of nitrogens with one attached hydrogen (secondary N) is 1. The van der Waals surface area contributed by atoms with Gasteiger partial charge in [0.05, 0.1) is 4.47 Å². The van der Waals surface area contributed by atoms with E-state index >= 15 is 0 Å². The smallest absolute Gasteiger partial charge is 0.148 e. The number of anilines is 2. The molecular weight excluding hydrogens is 273 g/mol. The Morgan fingerprint density at radius 3 is 2.88 bits per heavy atom. The van der Waals surface area contributed by atoms with Crippen molar-refractivity contribution in [2.75, 3.05) is 5.32 Å². The van der Waals surface area contributed by atoms with E-state index in [0.717, 1.165) is 10.2 Å². The molecule has 0 radical (unpaired) electrons. The van der Waals surface area contributed by atoms with E-state index in [1.54, 1.807) is 25.3 Å². The van der Waals surface area contributed by atoms with E-state index in [4.69, 9.17) is 0 Å². The van der Waals surface area contributed by atoms with Crippen LogP contribution in [-0.4, -0.2) is 9.97 Å². The molecule has 0 aliphatic rings. The van der Waals surface area contributed by atoms with Gasteiger partial charge in [-0.15, -0.1) is 0 Å². The summed E-state index contributed by atoms with van der Waals surface area (Å²) in [6, 6.07) is 4.81. The first-order chi connectivity index (χ1) is 7.66. The second-order valence-corrected chi connectivity index (χ2v) is 4.16. The second kappa shape index (κ2) is 4.57. The Kier molecular flexibility index (Phi) is 3.14. The Bertz CT molecular complexity index is 516. The molecule has 82 valence electrons. The summed E-state index contributed by atoms with van der Waals surface area (Å²) in [5.41, 5.74) is 1.38. The summed E-state index contributed by atoms with van der Waals surface area (Å²) in [7, 11) is 0. The van der Waals surface area contributed by atoms with Crippen LogP contribution in [0.2, 0.25) is 0 Å². The van der Waals surface area contributed by atoms with Crippen LogP contribution >= 0.6 is 15.9 Å². The van der Waals surface area contributed by atoms with Crippen LogP contribution in [0.3, 0.4) is 0 Å². The van der Waals surface area contributed by atoms with E-state index in [1.807, 2.05) is 0 Å². The molecule has 1 N–H and O–H groups in total. The van der Waals surface area contributed by atoms with E-state index < -0.39 is 0 Å². The van der Waals surface area contributed by atoms with Crippen molar-refractivity contribution >= 4 is 27.4 Å². The van der Waals surface area contributed by atoms with Crippen molar-refractivity contribution in [3.8, 4) is 0 Å². The quantitative estimate of drug-likeness (QED) is 0.917. The number of nitrogens with zero attached hydrogens (tertiary/aromatic N) is 2. The summed E-state index contributed by atoms with van der Waals surface area (Å²) < 4.78 is 13.8. The van der Waals surface area contributed by atoms with Crippen molar-refractivity contribution in [3.05, 3.63) is 46.6 Å². The topological polar surface area (TPSA) is 37.8 Å². The average Bonchev–Trinajstić information content (AvgIpc) is 2.27. The lowest BCUT2D eigenvalue weighted by Gasteiger charge is -2.07. The number of rotatable bonds is 2. The van der Waals surface area contributed by atoms with Gasteiger partial charge in [-0.25, -0.2) is 14.4 Å². The Balaban J connectivity index is 2.28. The number of halogens is 2. The second-order valence-electron chi connectivity index (χ2n) is 3.31. The molecule has 0 fully saturated rings. The molecule has 0 aliphatic carbocycles. The lowest BCUT2D eigenvalue weighted by Crippen LogP contribution is -1.96. The zero-order valence-electron chi connectivity index (χ0n) is 8.54. The number of hydrogen-bond donors (Lipinski definition) is 1. The highest BCUT2D eigenvalue weighted by atomic mass is 79.9. The summed E-state index contributed by atoms with van der Waals surface area (Å²) in [6.07, 6.45) is 3.09. The molecule has 1 aromatic carbocycles. The molecular formula is C11H9BrFN3. The molecule has 2 aromatic rings. The first-order valence-electron chi connectivity index (χ1n) is 4.65. The zero-order valence-corrected chi connectivity index (χ0v) is 10.1. The fourth-order valence-electron chi connectivity index (χ4n) is 1.26. The van der Waals surface area contributed by atoms with Crippen molar-refractivity contribution in [1.82, 2.24) is 9.97 Å². The van der Waals surface area contributed by atoms with Crippen molar-refractivity contribution in [2.24, 2.45) is 0 Å². The maximum Gasteiger partial charge on any atom is 0.148 e. The van der Waals surface area contributed by atoms with Gasteiger partial charge < -0.3 is 5.32 Å². The van der Waals surface area contributed by atoms with Gasteiger partial charge in [-0.3, -0.25) is 0 Å². The first kappa shape index (κ1) is 11.0. The van der Waals surface area contributed by atoms with Gasteiger partial charge in [0.25, 0.3) is 0 Å². The van der Waals surface area contributed by atoms with Gasteiger partial charge in [-0.05, 0) is 46.6 Å². The highest BCUT2D eigenvalue weighted by Gasteiger charge is 2.03. The van der Waals surface area contributed by atoms with Crippen molar-refractivity contribution in [3.63, 3.8) is 0 Å². The predicted molar refractivity (Wildman–Crippen MR) is 64.2 cm³/mol. The fourth-order valence-corrected chi connectivity index (χ4v) is 1.58. The van der Waals surface area contributed by atoms with Gasteiger partial charge in [0, 0.05) is 11.9 Å². The number of aryl methyl sites for hydroxylation is 1. The monoisotopic (exact) mass is 281 g/mol. The molecule has 0 saturated heterocycles. The van der Waals surface area contributed by atoms with Crippen molar-refractivity contribution in [2.45, 2.75) is 6.92 Å². The van der Waals surface area contributed by atoms with E-state index in [-0.39, 0.29) is 5.82 Å². The Morgan fingerprint density at radius 1 is 1.38 bits per heavy atom. The third kappa shape index (κ3) is 2.36. The molecule has 0 amide bonds. The van der Waals surface area contributed by atoms with Gasteiger partial charge in [0.1, 0.15) is 18.0 Å². The van der Waals surface area contributed by atoms with Gasteiger partial charge in [-0.2, -0.15) is 0 Å². The van der Waals surface area contributed by atoms with Crippen LogP contribution in [0.15, 0.2) is 35.2 Å². The summed E-state index contributed by atoms with van der Waals surface area (Å²) in [5.74, 6) is 0.438. The molecule has 0 bridgehead atoms. The number of hydrogen-bond acceptors (Lipinski definition) is 3. The Labute approximate surface area is 101 Å². The lowest BCUT2D eigenvalue weighted by molar-refractivity contribution is 0.619. The molecule has 0 spiro atoms. The van der Waals surface area contributed by atoms with Gasteiger partial charge in [0.2, 0.25) is 0 Å². The molecule has 0 unspecified atom stereocenters. The van der Waals surface area contributed by atoms with Crippen LogP contribution in [0.1, 0.15) is 5.56 Å². The molecule has 5 heteroatoms. The molecule has 16 heavy (non-hydrogen) atoms. The lowest BCUT2D eigenvalue weighted by atomic mass is 10.2. The third-order valence-electron chi connectivity index (χ3n) is 2.09. The number of aromatic nitrogens is 2. The molecule has 0 aliphatic heterocycles. The van der Waals surface area contributed by atoms with Crippen LogP contribution in [0.5, 0.6) is 0 Å².